The Hall–Kier alpha value is -3.28. The van der Waals surface area contributed by atoms with Crippen LogP contribution in [0.4, 0.5) is 4.39 Å². The summed E-state index contributed by atoms with van der Waals surface area (Å²) in [5, 5.41) is 44.8. The van der Waals surface area contributed by atoms with Gasteiger partial charge in [-0.25, -0.2) is 4.39 Å². The summed E-state index contributed by atoms with van der Waals surface area (Å²) >= 11 is 0. The Balaban J connectivity index is 1.59. The van der Waals surface area contributed by atoms with Crippen molar-refractivity contribution in [1.82, 2.24) is 9.80 Å². The van der Waals surface area contributed by atoms with E-state index in [4.69, 9.17) is 5.73 Å². The minimum Gasteiger partial charge on any atom is -0.508 e. The highest BCUT2D eigenvalue weighted by Gasteiger charge is 2.64. The van der Waals surface area contributed by atoms with E-state index in [0.717, 1.165) is 32.4 Å². The zero-order valence-corrected chi connectivity index (χ0v) is 23.6. The summed E-state index contributed by atoms with van der Waals surface area (Å²) in [5.74, 6) is -7.51. The topological polar surface area (TPSA) is 165 Å². The van der Waals surface area contributed by atoms with Crippen LogP contribution in [0.3, 0.4) is 0 Å². The molecule has 0 bridgehead atoms. The first-order valence-corrected chi connectivity index (χ1v) is 14.2. The normalized spacial score (nSPS) is 28.1. The number of halogens is 1. The van der Waals surface area contributed by atoms with E-state index in [0.29, 0.717) is 5.92 Å². The van der Waals surface area contributed by atoms with Crippen LogP contribution in [0, 0.1) is 23.6 Å². The third kappa shape index (κ3) is 4.45. The van der Waals surface area contributed by atoms with Gasteiger partial charge in [-0.05, 0) is 70.6 Å². The first-order valence-electron chi connectivity index (χ1n) is 14.2. The van der Waals surface area contributed by atoms with Crippen LogP contribution in [0.15, 0.2) is 23.0 Å². The number of phenols is 1. The van der Waals surface area contributed by atoms with Crippen LogP contribution >= 0.6 is 0 Å². The number of rotatable bonds is 8. The third-order valence-corrected chi connectivity index (χ3v) is 9.40. The number of nitrogens with zero attached hydrogens (tertiary/aromatic N) is 2. The standard InChI is InChI=1S/C30H38FN3O7/c1-4-8-34(12-14-6-5-7-14)13-16-11-19(35)21-17(23(16)31)9-15-10-18-24(33(2)3)26(37)22(29(32)40)28(39)30(18,41)27(38)20(15)25(21)36/h11,14-15,18,24,35-36,39,41H,4-10,12-13H2,1-3H3,(H2,32,40)/t15-,18-,24-,30-/m0/s1. The molecule has 2 fully saturated rings. The molecular formula is C30H38FN3O7. The number of phenolic OH excluding ortho intramolecular Hbond substituents is 1. The second-order valence-electron chi connectivity index (χ2n) is 12.2. The van der Waals surface area contributed by atoms with Gasteiger partial charge in [0.15, 0.2) is 11.4 Å². The van der Waals surface area contributed by atoms with Crippen molar-refractivity contribution in [1.29, 1.82) is 0 Å². The fraction of sp³-hybridized carbons (Fsp3) is 0.567. The summed E-state index contributed by atoms with van der Waals surface area (Å²) in [4.78, 5) is 42.8. The molecule has 11 heteroatoms. The van der Waals surface area contributed by atoms with E-state index in [1.54, 1.807) is 0 Å². The summed E-state index contributed by atoms with van der Waals surface area (Å²) in [6.45, 7) is 3.94. The molecule has 222 valence electrons. The van der Waals surface area contributed by atoms with Crippen molar-refractivity contribution in [2.45, 2.75) is 63.6 Å². The van der Waals surface area contributed by atoms with Gasteiger partial charge in [0.05, 0.1) is 11.6 Å². The number of benzene rings is 1. The number of fused-ring (bicyclic) bond motifs is 3. The second-order valence-corrected chi connectivity index (χ2v) is 12.2. The van der Waals surface area contributed by atoms with Gasteiger partial charge in [-0.15, -0.1) is 0 Å². The van der Waals surface area contributed by atoms with E-state index in [1.807, 2.05) is 0 Å². The number of aliphatic hydroxyl groups excluding tert-OH is 2. The molecule has 0 aromatic heterocycles. The van der Waals surface area contributed by atoms with Crippen molar-refractivity contribution >= 4 is 23.2 Å². The van der Waals surface area contributed by atoms with E-state index in [1.165, 1.54) is 31.5 Å². The van der Waals surface area contributed by atoms with Crippen LogP contribution in [0.25, 0.3) is 5.76 Å². The first kappa shape index (κ1) is 29.2. The molecule has 2 saturated carbocycles. The molecule has 41 heavy (non-hydrogen) atoms. The van der Waals surface area contributed by atoms with E-state index in [-0.39, 0.29) is 41.6 Å². The van der Waals surface area contributed by atoms with Gasteiger partial charge in [-0.2, -0.15) is 0 Å². The Kier molecular flexibility index (Phi) is 7.50. The minimum atomic E-state index is -2.72. The number of Topliss-reactive ketones (excluding diaryl/α,β-unsaturated/α-hetero) is 2. The maximum absolute atomic E-state index is 16.1. The SMILES string of the molecule is CCCN(Cc1cc(O)c2c(c1F)C[C@H]1C[C@H]3[C@H](N(C)C)C(=O)C(C(N)=O)=C(O)[C@@]3(O)C(=O)C1=C2O)CC1CCC1. The highest BCUT2D eigenvalue weighted by molar-refractivity contribution is 6.24. The molecule has 4 aliphatic rings. The number of likely N-dealkylation sites (N-methyl/N-ethyl adjacent to an activating group) is 1. The summed E-state index contributed by atoms with van der Waals surface area (Å²) in [7, 11) is 3.06. The molecule has 0 radical (unpaired) electrons. The summed E-state index contributed by atoms with van der Waals surface area (Å²) in [6.07, 6.45) is 4.21. The number of carbonyl (C=O) groups excluding carboxylic acids is 3. The lowest BCUT2D eigenvalue weighted by atomic mass is 9.57. The Morgan fingerprint density at radius 1 is 1.20 bits per heavy atom. The zero-order valence-electron chi connectivity index (χ0n) is 23.6. The van der Waals surface area contributed by atoms with Gasteiger partial charge in [0.1, 0.15) is 28.7 Å². The molecule has 0 unspecified atom stereocenters. The van der Waals surface area contributed by atoms with Crippen molar-refractivity contribution in [3.05, 3.63) is 45.5 Å². The lowest BCUT2D eigenvalue weighted by molar-refractivity contribution is -0.153. The molecule has 5 rings (SSSR count). The van der Waals surface area contributed by atoms with Crippen molar-refractivity contribution < 1.29 is 39.2 Å². The van der Waals surface area contributed by atoms with Crippen LogP contribution < -0.4 is 5.73 Å². The highest BCUT2D eigenvalue weighted by atomic mass is 19.1. The Labute approximate surface area is 237 Å². The molecule has 4 aliphatic carbocycles. The van der Waals surface area contributed by atoms with Gasteiger partial charge in [0.25, 0.3) is 5.91 Å². The molecule has 4 atom stereocenters. The van der Waals surface area contributed by atoms with Gasteiger partial charge in [-0.1, -0.05) is 13.3 Å². The van der Waals surface area contributed by atoms with Crippen LogP contribution in [-0.2, 0) is 27.3 Å². The van der Waals surface area contributed by atoms with Gasteiger partial charge in [0, 0.05) is 35.7 Å². The number of primary amides is 1. The minimum absolute atomic E-state index is 0.0608. The maximum atomic E-state index is 16.1. The molecule has 1 aromatic carbocycles. The summed E-state index contributed by atoms with van der Waals surface area (Å²) in [5.41, 5.74) is 1.57. The van der Waals surface area contributed by atoms with Gasteiger partial charge in [-0.3, -0.25) is 24.2 Å². The Morgan fingerprint density at radius 2 is 1.88 bits per heavy atom. The predicted molar refractivity (Wildman–Crippen MR) is 147 cm³/mol. The van der Waals surface area contributed by atoms with E-state index in [9.17, 15) is 34.8 Å². The second kappa shape index (κ2) is 10.5. The number of ketones is 2. The average Bonchev–Trinajstić information content (AvgIpc) is 2.86. The van der Waals surface area contributed by atoms with Gasteiger partial charge < -0.3 is 26.2 Å². The average molecular weight is 572 g/mol. The van der Waals surface area contributed by atoms with Crippen LogP contribution in [-0.4, -0.2) is 86.5 Å². The number of aromatic hydroxyl groups is 1. The van der Waals surface area contributed by atoms with E-state index in [2.05, 4.69) is 11.8 Å². The number of amides is 1. The molecule has 0 heterocycles. The maximum Gasteiger partial charge on any atom is 0.255 e. The van der Waals surface area contributed by atoms with Crippen LogP contribution in [0.2, 0.25) is 0 Å². The molecule has 0 aliphatic heterocycles. The summed E-state index contributed by atoms with van der Waals surface area (Å²) < 4.78 is 16.1. The molecule has 1 aromatic rings. The number of hydrogen-bond acceptors (Lipinski definition) is 9. The van der Waals surface area contributed by atoms with E-state index >= 15 is 4.39 Å². The highest BCUT2D eigenvalue weighted by Crippen LogP contribution is 2.53. The fourth-order valence-corrected chi connectivity index (χ4v) is 7.29. The van der Waals surface area contributed by atoms with Crippen molar-refractivity contribution in [3.8, 4) is 5.75 Å². The van der Waals surface area contributed by atoms with Gasteiger partial charge >= 0.3 is 0 Å². The van der Waals surface area contributed by atoms with Gasteiger partial charge in [0.2, 0.25) is 5.78 Å². The van der Waals surface area contributed by atoms with E-state index < -0.39 is 69.6 Å². The van der Waals surface area contributed by atoms with Crippen molar-refractivity contribution in [2.75, 3.05) is 27.2 Å². The molecule has 0 spiro atoms. The Bertz CT molecular complexity index is 1380. The lowest BCUT2D eigenvalue weighted by Crippen LogP contribution is -2.65. The number of aliphatic hydroxyl groups is 3. The zero-order chi connectivity index (χ0) is 30.0. The molecule has 10 nitrogen and oxygen atoms in total. The quantitative estimate of drug-likeness (QED) is 0.294. The first-order chi connectivity index (χ1) is 19.3. The van der Waals surface area contributed by atoms with Crippen molar-refractivity contribution in [3.63, 3.8) is 0 Å². The lowest BCUT2D eigenvalue weighted by Gasteiger charge is -2.50. The predicted octanol–water partition coefficient (Wildman–Crippen LogP) is 2.12. The number of carbonyl (C=O) groups is 3. The van der Waals surface area contributed by atoms with Crippen molar-refractivity contribution in [2.24, 2.45) is 23.5 Å². The van der Waals surface area contributed by atoms with Crippen LogP contribution in [0.5, 0.6) is 5.75 Å². The molecule has 0 saturated heterocycles. The fourth-order valence-electron chi connectivity index (χ4n) is 7.29. The molecule has 6 N–H and O–H groups in total. The molecule has 1 amide bonds. The largest absolute Gasteiger partial charge is 0.508 e. The number of nitrogens with two attached hydrogens (primary N) is 1. The smallest absolute Gasteiger partial charge is 0.255 e. The monoisotopic (exact) mass is 571 g/mol. The molecular weight excluding hydrogens is 533 g/mol. The third-order valence-electron chi connectivity index (χ3n) is 9.40. The summed E-state index contributed by atoms with van der Waals surface area (Å²) in [6, 6.07) is 0.0785. The number of hydrogen-bond donors (Lipinski definition) is 5. The van der Waals surface area contributed by atoms with Crippen LogP contribution in [0.1, 0.15) is 55.7 Å². The Morgan fingerprint density at radius 3 is 2.44 bits per heavy atom.